The van der Waals surface area contributed by atoms with Gasteiger partial charge in [-0.15, -0.1) is 0 Å². The third-order valence-electron chi connectivity index (χ3n) is 2.78. The molecule has 0 bridgehead atoms. The molecule has 20 heavy (non-hydrogen) atoms. The maximum atomic E-state index is 13.3. The zero-order valence-corrected chi connectivity index (χ0v) is 12.4. The Morgan fingerprint density at radius 3 is 2.55 bits per heavy atom. The van der Waals surface area contributed by atoms with Gasteiger partial charge in [-0.25, -0.2) is 4.39 Å². The number of anilines is 1. The van der Waals surface area contributed by atoms with E-state index in [1.807, 2.05) is 12.1 Å². The van der Waals surface area contributed by atoms with Crippen LogP contribution in [0.1, 0.15) is 15.9 Å². The molecule has 1 N–H and O–H groups in total. The van der Waals surface area contributed by atoms with Crippen molar-refractivity contribution in [1.82, 2.24) is 0 Å². The minimum absolute atomic E-state index is 0.0948. The summed E-state index contributed by atoms with van der Waals surface area (Å²) in [6.07, 6.45) is 0. The highest BCUT2D eigenvalue weighted by molar-refractivity contribution is 9.08. The first-order valence-electron chi connectivity index (χ1n) is 5.94. The molecular weight excluding hydrogens is 325 g/mol. The number of carbonyl (C=O) groups is 1. The monoisotopic (exact) mass is 337 g/mol. The molecule has 0 saturated carbocycles. The highest BCUT2D eigenvalue weighted by Crippen LogP contribution is 2.22. The van der Waals surface area contributed by atoms with Gasteiger partial charge in [0.1, 0.15) is 0 Å². The smallest absolute Gasteiger partial charge is 0.255 e. The van der Waals surface area contributed by atoms with Crippen LogP contribution in [0.25, 0.3) is 0 Å². The van der Waals surface area contributed by atoms with Crippen LogP contribution in [0.2, 0.25) is 0 Å². The Labute approximate surface area is 124 Å². The molecule has 0 aliphatic carbocycles. The van der Waals surface area contributed by atoms with Gasteiger partial charge in [0.2, 0.25) is 0 Å². The molecule has 0 spiro atoms. The summed E-state index contributed by atoms with van der Waals surface area (Å²) in [6.45, 7) is 0. The second-order valence-corrected chi connectivity index (χ2v) is 4.69. The molecule has 0 unspecified atom stereocenters. The van der Waals surface area contributed by atoms with E-state index in [-0.39, 0.29) is 11.7 Å². The topological polar surface area (TPSA) is 38.3 Å². The molecule has 2 rings (SSSR count). The second kappa shape index (κ2) is 6.52. The average Bonchev–Trinajstić information content (AvgIpc) is 2.49. The van der Waals surface area contributed by atoms with E-state index in [1.54, 1.807) is 12.1 Å². The molecular formula is C15H13BrFNO2. The Morgan fingerprint density at radius 2 is 1.95 bits per heavy atom. The van der Waals surface area contributed by atoms with E-state index in [0.29, 0.717) is 11.3 Å². The molecule has 0 aliphatic rings. The summed E-state index contributed by atoms with van der Waals surface area (Å²) >= 11 is 3.35. The van der Waals surface area contributed by atoms with Gasteiger partial charge in [0, 0.05) is 22.6 Å². The minimum Gasteiger partial charge on any atom is -0.494 e. The fourth-order valence-corrected chi connectivity index (χ4v) is 2.06. The van der Waals surface area contributed by atoms with Crippen molar-refractivity contribution in [2.75, 3.05) is 12.4 Å². The lowest BCUT2D eigenvalue weighted by atomic mass is 10.1. The van der Waals surface area contributed by atoms with Gasteiger partial charge < -0.3 is 10.1 Å². The van der Waals surface area contributed by atoms with Crippen LogP contribution in [-0.4, -0.2) is 13.0 Å². The Kier molecular flexibility index (Phi) is 4.74. The van der Waals surface area contributed by atoms with Gasteiger partial charge >= 0.3 is 0 Å². The lowest BCUT2D eigenvalue weighted by Gasteiger charge is -2.08. The van der Waals surface area contributed by atoms with Crippen LogP contribution in [0.4, 0.5) is 10.1 Å². The van der Waals surface area contributed by atoms with Crippen LogP contribution >= 0.6 is 15.9 Å². The number of rotatable bonds is 4. The number of halogens is 2. The predicted octanol–water partition coefficient (Wildman–Crippen LogP) is 3.98. The van der Waals surface area contributed by atoms with Crippen LogP contribution in [0.3, 0.4) is 0 Å². The molecule has 0 aromatic heterocycles. The number of amides is 1. The maximum Gasteiger partial charge on any atom is 0.255 e. The number of benzene rings is 2. The summed E-state index contributed by atoms with van der Waals surface area (Å²) in [5.41, 5.74) is 2.11. The summed E-state index contributed by atoms with van der Waals surface area (Å²) < 4.78 is 18.1. The molecule has 0 fully saturated rings. The number of nitrogens with one attached hydrogen (secondary N) is 1. The first-order chi connectivity index (χ1) is 9.63. The van der Waals surface area contributed by atoms with Gasteiger partial charge in [0.25, 0.3) is 5.91 Å². The molecule has 0 heterocycles. The largest absolute Gasteiger partial charge is 0.494 e. The summed E-state index contributed by atoms with van der Waals surface area (Å²) in [5.74, 6) is -0.621. The SMILES string of the molecule is COc1cc(NC(=O)c2ccc(CBr)cc2)ccc1F. The van der Waals surface area contributed by atoms with Crippen molar-refractivity contribution >= 4 is 27.5 Å². The summed E-state index contributed by atoms with van der Waals surface area (Å²) in [7, 11) is 1.38. The van der Waals surface area contributed by atoms with Gasteiger partial charge in [-0.2, -0.15) is 0 Å². The van der Waals surface area contributed by atoms with E-state index < -0.39 is 5.82 Å². The fourth-order valence-electron chi connectivity index (χ4n) is 1.69. The van der Waals surface area contributed by atoms with Crippen molar-refractivity contribution in [2.45, 2.75) is 5.33 Å². The van der Waals surface area contributed by atoms with E-state index in [4.69, 9.17) is 4.74 Å². The second-order valence-electron chi connectivity index (χ2n) is 4.13. The Morgan fingerprint density at radius 1 is 1.25 bits per heavy atom. The van der Waals surface area contributed by atoms with E-state index in [0.717, 1.165) is 10.9 Å². The standard InChI is InChI=1S/C15H13BrFNO2/c1-20-14-8-12(6-7-13(14)17)18-15(19)11-4-2-10(9-16)3-5-11/h2-8H,9H2,1H3,(H,18,19). The molecule has 104 valence electrons. The first kappa shape index (κ1) is 14.5. The van der Waals surface area contributed by atoms with E-state index in [1.165, 1.54) is 25.3 Å². The van der Waals surface area contributed by atoms with Gasteiger partial charge in [-0.3, -0.25) is 4.79 Å². The number of methoxy groups -OCH3 is 1. The molecule has 0 saturated heterocycles. The van der Waals surface area contributed by atoms with Crippen molar-refractivity contribution < 1.29 is 13.9 Å². The number of carbonyl (C=O) groups excluding carboxylic acids is 1. The van der Waals surface area contributed by atoms with Crippen LogP contribution < -0.4 is 10.1 Å². The van der Waals surface area contributed by atoms with Crippen LogP contribution in [0.5, 0.6) is 5.75 Å². The molecule has 3 nitrogen and oxygen atoms in total. The molecule has 0 aliphatic heterocycles. The van der Waals surface area contributed by atoms with Gasteiger partial charge in [-0.1, -0.05) is 28.1 Å². The van der Waals surface area contributed by atoms with Gasteiger partial charge in [0.05, 0.1) is 7.11 Å². The van der Waals surface area contributed by atoms with Crippen LogP contribution in [0, 0.1) is 5.82 Å². The fraction of sp³-hybridized carbons (Fsp3) is 0.133. The summed E-state index contributed by atoms with van der Waals surface area (Å²) in [4.78, 5) is 12.0. The van der Waals surface area contributed by atoms with Gasteiger partial charge in [-0.05, 0) is 29.8 Å². The number of alkyl halides is 1. The molecule has 0 radical (unpaired) electrons. The summed E-state index contributed by atoms with van der Waals surface area (Å²) in [6, 6.07) is 11.4. The van der Waals surface area contributed by atoms with E-state index in [2.05, 4.69) is 21.2 Å². The lowest BCUT2D eigenvalue weighted by molar-refractivity contribution is 0.102. The van der Waals surface area contributed by atoms with E-state index >= 15 is 0 Å². The number of hydrogen-bond acceptors (Lipinski definition) is 2. The number of hydrogen-bond donors (Lipinski definition) is 1. The molecule has 5 heteroatoms. The third kappa shape index (κ3) is 3.36. The Balaban J connectivity index is 2.14. The molecule has 2 aromatic rings. The lowest BCUT2D eigenvalue weighted by Crippen LogP contribution is -2.12. The molecule has 1 amide bonds. The van der Waals surface area contributed by atoms with E-state index in [9.17, 15) is 9.18 Å². The van der Waals surface area contributed by atoms with Crippen molar-refractivity contribution in [2.24, 2.45) is 0 Å². The zero-order chi connectivity index (χ0) is 14.5. The Hall–Kier alpha value is -1.88. The molecule has 2 aromatic carbocycles. The number of ether oxygens (including phenoxy) is 1. The average molecular weight is 338 g/mol. The normalized spacial score (nSPS) is 10.2. The van der Waals surface area contributed by atoms with Crippen LogP contribution in [-0.2, 0) is 5.33 Å². The highest BCUT2D eigenvalue weighted by Gasteiger charge is 2.08. The van der Waals surface area contributed by atoms with Crippen molar-refractivity contribution in [3.8, 4) is 5.75 Å². The zero-order valence-electron chi connectivity index (χ0n) is 10.8. The van der Waals surface area contributed by atoms with Crippen molar-refractivity contribution in [3.05, 3.63) is 59.4 Å². The third-order valence-corrected chi connectivity index (χ3v) is 3.43. The summed E-state index contributed by atoms with van der Waals surface area (Å²) in [5, 5.41) is 3.44. The molecule has 0 atom stereocenters. The first-order valence-corrected chi connectivity index (χ1v) is 7.06. The maximum absolute atomic E-state index is 13.3. The Bertz CT molecular complexity index is 614. The van der Waals surface area contributed by atoms with Crippen molar-refractivity contribution in [3.63, 3.8) is 0 Å². The minimum atomic E-state index is -0.466. The quantitative estimate of drug-likeness (QED) is 0.857. The predicted molar refractivity (Wildman–Crippen MR) is 80.0 cm³/mol. The highest BCUT2D eigenvalue weighted by atomic mass is 79.9. The van der Waals surface area contributed by atoms with Gasteiger partial charge in [0.15, 0.2) is 11.6 Å². The van der Waals surface area contributed by atoms with Crippen molar-refractivity contribution in [1.29, 1.82) is 0 Å². The van der Waals surface area contributed by atoms with Crippen LogP contribution in [0.15, 0.2) is 42.5 Å².